The Balaban J connectivity index is 1.88. The minimum absolute atomic E-state index is 0.299. The number of amides is 2. The first kappa shape index (κ1) is 15.4. The van der Waals surface area contributed by atoms with Gasteiger partial charge in [-0.05, 0) is 35.9 Å². The minimum Gasteiger partial charge on any atom is -0.378 e. The second-order valence-electron chi connectivity index (χ2n) is 5.06. The summed E-state index contributed by atoms with van der Waals surface area (Å²) in [5, 5.41) is 14.3. The van der Waals surface area contributed by atoms with Crippen LogP contribution in [-0.4, -0.2) is 20.1 Å². The fourth-order valence-electron chi connectivity index (χ4n) is 1.94. The molecule has 2 N–H and O–H groups in total. The number of hydrogen-bond acceptors (Lipinski definition) is 3. The first-order valence-corrected chi connectivity index (χ1v) is 6.90. The summed E-state index contributed by atoms with van der Waals surface area (Å²) in [5.41, 5.74) is 3.24. The number of carbonyl (C=O) groups is 1. The number of nitrogens with zero attached hydrogens (tertiary/aromatic N) is 2. The molecule has 2 rings (SSSR count). The molecule has 0 radical (unpaired) electrons. The molecule has 0 saturated heterocycles. The third kappa shape index (κ3) is 4.25. The maximum absolute atomic E-state index is 11.8. The third-order valence-corrected chi connectivity index (χ3v) is 3.16. The van der Waals surface area contributed by atoms with Crippen LogP contribution in [0, 0.1) is 11.3 Å². The maximum Gasteiger partial charge on any atom is 0.319 e. The molecule has 0 aromatic heterocycles. The number of urea groups is 1. The molecule has 2 aromatic carbocycles. The van der Waals surface area contributed by atoms with Gasteiger partial charge in [0.25, 0.3) is 0 Å². The van der Waals surface area contributed by atoms with Gasteiger partial charge in [-0.3, -0.25) is 0 Å². The highest BCUT2D eigenvalue weighted by atomic mass is 16.2. The van der Waals surface area contributed by atoms with Crippen LogP contribution in [0.25, 0.3) is 0 Å². The Labute approximate surface area is 130 Å². The van der Waals surface area contributed by atoms with Gasteiger partial charge in [0, 0.05) is 32.0 Å². The lowest BCUT2D eigenvalue weighted by Crippen LogP contribution is -2.28. The van der Waals surface area contributed by atoms with Crippen LogP contribution in [0.4, 0.5) is 16.2 Å². The fraction of sp³-hybridized carbons (Fsp3) is 0.176. The van der Waals surface area contributed by atoms with Crippen LogP contribution in [0.1, 0.15) is 11.1 Å². The molecule has 0 heterocycles. The van der Waals surface area contributed by atoms with Crippen LogP contribution in [-0.2, 0) is 6.54 Å². The first-order valence-electron chi connectivity index (χ1n) is 6.90. The average molecular weight is 294 g/mol. The number of nitrogens with one attached hydrogen (secondary N) is 2. The molecular formula is C17H18N4O. The zero-order chi connectivity index (χ0) is 15.9. The summed E-state index contributed by atoms with van der Waals surface area (Å²) in [5.74, 6) is 0. The van der Waals surface area contributed by atoms with Crippen molar-refractivity contribution in [3.63, 3.8) is 0 Å². The van der Waals surface area contributed by atoms with Crippen LogP contribution < -0.4 is 15.5 Å². The van der Waals surface area contributed by atoms with Crippen LogP contribution in [0.5, 0.6) is 0 Å². The summed E-state index contributed by atoms with van der Waals surface area (Å²) in [6, 6.07) is 16.5. The van der Waals surface area contributed by atoms with Gasteiger partial charge in [0.1, 0.15) is 0 Å². The van der Waals surface area contributed by atoms with Crippen molar-refractivity contribution in [3.05, 3.63) is 59.7 Å². The molecule has 112 valence electrons. The smallest absolute Gasteiger partial charge is 0.319 e. The van der Waals surface area contributed by atoms with Crippen LogP contribution in [0.3, 0.4) is 0 Å². The Morgan fingerprint density at radius 3 is 2.55 bits per heavy atom. The highest BCUT2D eigenvalue weighted by molar-refractivity contribution is 5.89. The van der Waals surface area contributed by atoms with Crippen molar-refractivity contribution in [1.29, 1.82) is 5.26 Å². The van der Waals surface area contributed by atoms with Crippen LogP contribution in [0.15, 0.2) is 48.5 Å². The van der Waals surface area contributed by atoms with Gasteiger partial charge in [-0.2, -0.15) is 5.26 Å². The SMILES string of the molecule is CN(C)c1ccc(CNC(=O)Nc2cccc(C#N)c2)cc1. The quantitative estimate of drug-likeness (QED) is 0.911. The lowest BCUT2D eigenvalue weighted by Gasteiger charge is -2.13. The van der Waals surface area contributed by atoms with Crippen molar-refractivity contribution >= 4 is 17.4 Å². The molecule has 0 fully saturated rings. The summed E-state index contributed by atoms with van der Waals surface area (Å²) >= 11 is 0. The molecule has 0 aliphatic heterocycles. The van der Waals surface area contributed by atoms with Gasteiger partial charge in [0.2, 0.25) is 0 Å². The van der Waals surface area contributed by atoms with Crippen molar-refractivity contribution in [2.24, 2.45) is 0 Å². The summed E-state index contributed by atoms with van der Waals surface area (Å²) in [7, 11) is 3.96. The Hall–Kier alpha value is -3.00. The van der Waals surface area contributed by atoms with Crippen molar-refractivity contribution in [3.8, 4) is 6.07 Å². The fourth-order valence-corrected chi connectivity index (χ4v) is 1.94. The van der Waals surface area contributed by atoms with Gasteiger partial charge in [0.15, 0.2) is 0 Å². The zero-order valence-electron chi connectivity index (χ0n) is 12.6. The molecule has 22 heavy (non-hydrogen) atoms. The largest absolute Gasteiger partial charge is 0.378 e. The van der Waals surface area contributed by atoms with Crippen LogP contribution >= 0.6 is 0 Å². The highest BCUT2D eigenvalue weighted by Crippen LogP contribution is 2.12. The van der Waals surface area contributed by atoms with Crippen molar-refractivity contribution in [2.75, 3.05) is 24.3 Å². The molecule has 0 saturated carbocycles. The normalized spacial score (nSPS) is 9.68. The Morgan fingerprint density at radius 2 is 1.91 bits per heavy atom. The molecule has 2 amide bonds. The minimum atomic E-state index is -0.299. The van der Waals surface area contributed by atoms with E-state index >= 15 is 0 Å². The number of rotatable bonds is 4. The van der Waals surface area contributed by atoms with E-state index in [1.54, 1.807) is 24.3 Å². The Kier molecular flexibility index (Phi) is 4.99. The summed E-state index contributed by atoms with van der Waals surface area (Å²) in [6.45, 7) is 0.442. The molecule has 0 spiro atoms. The molecule has 0 bridgehead atoms. The molecule has 0 atom stereocenters. The topological polar surface area (TPSA) is 68.2 Å². The second kappa shape index (κ2) is 7.14. The standard InChI is InChI=1S/C17H18N4O/c1-21(2)16-8-6-13(7-9-16)12-19-17(22)20-15-5-3-4-14(10-15)11-18/h3-10H,12H2,1-2H3,(H2,19,20,22). The van der Waals surface area contributed by atoms with Gasteiger partial charge in [-0.25, -0.2) is 4.79 Å². The monoisotopic (exact) mass is 294 g/mol. The predicted octanol–water partition coefficient (Wildman–Crippen LogP) is 2.95. The molecule has 0 aliphatic rings. The summed E-state index contributed by atoms with van der Waals surface area (Å²) in [4.78, 5) is 13.9. The Bertz CT molecular complexity index is 687. The molecule has 5 heteroatoms. The van der Waals surface area contributed by atoms with Crippen molar-refractivity contribution in [1.82, 2.24) is 5.32 Å². The van der Waals surface area contributed by atoms with E-state index in [2.05, 4.69) is 10.6 Å². The van der Waals surface area contributed by atoms with E-state index in [1.807, 2.05) is 49.3 Å². The van der Waals surface area contributed by atoms with Crippen molar-refractivity contribution in [2.45, 2.75) is 6.54 Å². The number of anilines is 2. The average Bonchev–Trinajstić information content (AvgIpc) is 2.53. The van der Waals surface area contributed by atoms with E-state index in [4.69, 9.17) is 5.26 Å². The van der Waals surface area contributed by atoms with E-state index in [1.165, 1.54) is 0 Å². The lowest BCUT2D eigenvalue weighted by molar-refractivity contribution is 0.251. The van der Waals surface area contributed by atoms with Gasteiger partial charge in [0.05, 0.1) is 11.6 Å². The first-order chi connectivity index (χ1) is 10.6. The second-order valence-corrected chi connectivity index (χ2v) is 5.06. The number of nitriles is 1. The number of hydrogen-bond donors (Lipinski definition) is 2. The molecule has 0 aliphatic carbocycles. The van der Waals surface area contributed by atoms with E-state index in [-0.39, 0.29) is 6.03 Å². The lowest BCUT2D eigenvalue weighted by atomic mass is 10.2. The van der Waals surface area contributed by atoms with Gasteiger partial charge >= 0.3 is 6.03 Å². The highest BCUT2D eigenvalue weighted by Gasteiger charge is 2.03. The maximum atomic E-state index is 11.8. The molecule has 5 nitrogen and oxygen atoms in total. The van der Waals surface area contributed by atoms with Gasteiger partial charge in [-0.15, -0.1) is 0 Å². The zero-order valence-corrected chi connectivity index (χ0v) is 12.6. The molecule has 0 unspecified atom stereocenters. The van der Waals surface area contributed by atoms with Crippen molar-refractivity contribution < 1.29 is 4.79 Å². The van der Waals surface area contributed by atoms with E-state index in [0.29, 0.717) is 17.8 Å². The third-order valence-electron chi connectivity index (χ3n) is 3.16. The molecule has 2 aromatic rings. The number of carbonyl (C=O) groups excluding carboxylic acids is 1. The van der Waals surface area contributed by atoms with Gasteiger partial charge < -0.3 is 15.5 Å². The summed E-state index contributed by atoms with van der Waals surface area (Å²) < 4.78 is 0. The Morgan fingerprint density at radius 1 is 1.18 bits per heavy atom. The summed E-state index contributed by atoms with van der Waals surface area (Å²) in [6.07, 6.45) is 0. The van der Waals surface area contributed by atoms with Gasteiger partial charge in [-0.1, -0.05) is 18.2 Å². The van der Waals surface area contributed by atoms with E-state index < -0.39 is 0 Å². The number of benzene rings is 2. The molecular weight excluding hydrogens is 276 g/mol. The van der Waals surface area contributed by atoms with Crippen LogP contribution in [0.2, 0.25) is 0 Å². The van der Waals surface area contributed by atoms with E-state index in [9.17, 15) is 4.79 Å². The van der Waals surface area contributed by atoms with E-state index in [0.717, 1.165) is 11.3 Å². The predicted molar refractivity (Wildman–Crippen MR) is 87.8 cm³/mol.